The summed E-state index contributed by atoms with van der Waals surface area (Å²) < 4.78 is 0. The molecule has 4 heavy (non-hydrogen) atoms. The van der Waals surface area contributed by atoms with Crippen molar-refractivity contribution in [3.8, 4) is 0 Å². The van der Waals surface area contributed by atoms with E-state index in [9.17, 15) is 0 Å². The van der Waals surface area contributed by atoms with E-state index in [1.165, 1.54) is 0 Å². The van der Waals surface area contributed by atoms with Crippen LogP contribution in [0.3, 0.4) is 0 Å². The minimum absolute atomic E-state index is 0. The molecule has 0 aliphatic heterocycles. The molecule has 1 radical (unpaired) electrons. The van der Waals surface area contributed by atoms with Gasteiger partial charge in [-0.15, -0.1) is 0 Å². The van der Waals surface area contributed by atoms with E-state index in [4.69, 9.17) is 0 Å². The largest absolute Gasteiger partial charge is 2.00 e. The Kier molecular flexibility index (Phi) is 852. The summed E-state index contributed by atoms with van der Waals surface area (Å²) in [6.07, 6.45) is 0. The first-order chi connectivity index (χ1) is 0. The van der Waals surface area contributed by atoms with Gasteiger partial charge < -0.3 is 11.0 Å². The van der Waals surface area contributed by atoms with Gasteiger partial charge in [-0.3, -0.25) is 0 Å². The molecule has 0 saturated heterocycles. The summed E-state index contributed by atoms with van der Waals surface area (Å²) in [5.41, 5.74) is 0. The predicted octanol–water partition coefficient (Wildman–Crippen LogP) is -0.949. The number of hydrogen-bond acceptors (Lipinski definition) is 0. The standard InChI is InChI=1S/Mn.Ni.H2O.O/h;;1H2;/q+2;;;-2. The molecule has 0 amide bonds. The van der Waals surface area contributed by atoms with E-state index in [1.54, 1.807) is 0 Å². The first kappa shape index (κ1) is 87.7. The monoisotopic (exact) mass is 147 g/mol. The Balaban J connectivity index is 0. The van der Waals surface area contributed by atoms with Crippen molar-refractivity contribution in [1.82, 2.24) is 0 Å². The SMILES string of the molecule is O.[Mn+2].[Ni].[O-2]. The summed E-state index contributed by atoms with van der Waals surface area (Å²) in [6.45, 7) is 0. The summed E-state index contributed by atoms with van der Waals surface area (Å²) in [6, 6.07) is 0. The van der Waals surface area contributed by atoms with Gasteiger partial charge >= 0.3 is 17.1 Å². The molecule has 2 N–H and O–H groups in total. The zero-order valence-electron chi connectivity index (χ0n) is 1.60. The van der Waals surface area contributed by atoms with Gasteiger partial charge in [-0.05, 0) is 0 Å². The molecule has 0 spiro atoms. The van der Waals surface area contributed by atoms with E-state index in [0.717, 1.165) is 0 Å². The van der Waals surface area contributed by atoms with Crippen LogP contribution in [-0.4, -0.2) is 5.48 Å². The molecule has 0 bridgehead atoms. The van der Waals surface area contributed by atoms with Crippen molar-refractivity contribution in [2.75, 3.05) is 0 Å². The van der Waals surface area contributed by atoms with Gasteiger partial charge in [0.2, 0.25) is 0 Å². The molecular weight excluding hydrogens is 146 g/mol. The summed E-state index contributed by atoms with van der Waals surface area (Å²) >= 11 is 0. The Labute approximate surface area is 45.0 Å². The second-order valence-corrected chi connectivity index (χ2v) is 0. The van der Waals surface area contributed by atoms with E-state index >= 15 is 0 Å². The van der Waals surface area contributed by atoms with Crippen LogP contribution in [0.15, 0.2) is 0 Å². The van der Waals surface area contributed by atoms with Gasteiger partial charge in [0, 0.05) is 16.5 Å². The fourth-order valence-corrected chi connectivity index (χ4v) is 0. The Morgan fingerprint density at radius 3 is 1.00 bits per heavy atom. The van der Waals surface area contributed by atoms with E-state index < -0.39 is 0 Å². The van der Waals surface area contributed by atoms with Crippen LogP contribution < -0.4 is 0 Å². The predicted molar refractivity (Wildman–Crippen MR) is 4.30 cm³/mol. The molecule has 0 rings (SSSR count). The first-order valence-corrected chi connectivity index (χ1v) is 0. The van der Waals surface area contributed by atoms with Gasteiger partial charge in [0.15, 0.2) is 0 Å². The third kappa shape index (κ3) is 12.6. The zero-order chi connectivity index (χ0) is 0. The van der Waals surface area contributed by atoms with Crippen molar-refractivity contribution in [1.29, 1.82) is 0 Å². The molecule has 0 aromatic carbocycles. The molecule has 0 fully saturated rings. The van der Waals surface area contributed by atoms with Gasteiger partial charge in [-0.2, -0.15) is 0 Å². The fraction of sp³-hybridized carbons (Fsp3) is 0. The first-order valence-electron chi connectivity index (χ1n) is 0. The summed E-state index contributed by atoms with van der Waals surface area (Å²) in [4.78, 5) is 0. The molecule has 4 heteroatoms. The molecule has 0 unspecified atom stereocenters. The number of hydrogen-bond donors (Lipinski definition) is 0. The molecule has 0 atom stereocenters. The van der Waals surface area contributed by atoms with Crippen LogP contribution in [0.1, 0.15) is 0 Å². The molecule has 0 aliphatic rings. The van der Waals surface area contributed by atoms with Gasteiger partial charge in [-0.1, -0.05) is 0 Å². The van der Waals surface area contributed by atoms with Crippen LogP contribution >= 0.6 is 0 Å². The maximum atomic E-state index is 0. The Bertz CT molecular complexity index is 6.00. The molecule has 0 aliphatic carbocycles. The van der Waals surface area contributed by atoms with E-state index in [-0.39, 0.29) is 44.5 Å². The van der Waals surface area contributed by atoms with Crippen molar-refractivity contribution in [3.63, 3.8) is 0 Å². The molecular formula is H2MnNiO2. The summed E-state index contributed by atoms with van der Waals surface area (Å²) in [5.74, 6) is 0. The summed E-state index contributed by atoms with van der Waals surface area (Å²) in [7, 11) is 0. The van der Waals surface area contributed by atoms with E-state index in [2.05, 4.69) is 0 Å². The average molecular weight is 148 g/mol. The van der Waals surface area contributed by atoms with Crippen molar-refractivity contribution in [2.45, 2.75) is 0 Å². The van der Waals surface area contributed by atoms with Crippen molar-refractivity contribution >= 4 is 0 Å². The maximum absolute atomic E-state index is 0. The van der Waals surface area contributed by atoms with Crippen molar-refractivity contribution in [2.24, 2.45) is 0 Å². The fourth-order valence-electron chi connectivity index (χ4n) is 0. The van der Waals surface area contributed by atoms with Crippen molar-refractivity contribution < 1.29 is 44.5 Å². The quantitative estimate of drug-likeness (QED) is 0.397. The molecule has 0 saturated carbocycles. The summed E-state index contributed by atoms with van der Waals surface area (Å²) in [5, 5.41) is 0. The van der Waals surface area contributed by atoms with Gasteiger partial charge in [0.25, 0.3) is 0 Å². The molecule has 0 aromatic rings. The minimum Gasteiger partial charge on any atom is -2.00 e. The van der Waals surface area contributed by atoms with Crippen LogP contribution in [-0.2, 0) is 39.0 Å². The smallest absolute Gasteiger partial charge is 2.00 e. The van der Waals surface area contributed by atoms with Crippen LogP contribution in [0, 0.1) is 0 Å². The third-order valence-electron chi connectivity index (χ3n) is 0. The Morgan fingerprint density at radius 2 is 1.00 bits per heavy atom. The van der Waals surface area contributed by atoms with E-state index in [0.29, 0.717) is 0 Å². The normalized spacial score (nSPS) is 0. The molecule has 31 valence electrons. The molecule has 0 heterocycles. The third-order valence-corrected chi connectivity index (χ3v) is 0. The second kappa shape index (κ2) is 38.9. The Morgan fingerprint density at radius 1 is 1.00 bits per heavy atom. The topological polar surface area (TPSA) is 60.0 Å². The van der Waals surface area contributed by atoms with Gasteiger partial charge in [-0.25, -0.2) is 0 Å². The average Bonchev–Trinajstić information content (AvgIpc) is 0. The van der Waals surface area contributed by atoms with Crippen LogP contribution in [0.5, 0.6) is 0 Å². The molecule has 2 nitrogen and oxygen atoms in total. The van der Waals surface area contributed by atoms with Gasteiger partial charge in [0.1, 0.15) is 0 Å². The van der Waals surface area contributed by atoms with Crippen molar-refractivity contribution in [3.05, 3.63) is 0 Å². The second-order valence-electron chi connectivity index (χ2n) is 0. The zero-order valence-corrected chi connectivity index (χ0v) is 3.77. The van der Waals surface area contributed by atoms with Crippen LogP contribution in [0.4, 0.5) is 0 Å². The maximum Gasteiger partial charge on any atom is 2.00 e. The Hall–Kier alpha value is 0.933. The number of rotatable bonds is 0. The molecule has 0 aromatic heterocycles. The van der Waals surface area contributed by atoms with Crippen LogP contribution in [0.2, 0.25) is 0 Å². The van der Waals surface area contributed by atoms with Gasteiger partial charge in [0.05, 0.1) is 0 Å². The van der Waals surface area contributed by atoms with Crippen LogP contribution in [0.25, 0.3) is 0 Å². The van der Waals surface area contributed by atoms with E-state index in [1.807, 2.05) is 0 Å². The minimum atomic E-state index is 0.